The zero-order valence-corrected chi connectivity index (χ0v) is 9.54. The molecule has 0 fully saturated rings. The van der Waals surface area contributed by atoms with Crippen LogP contribution in [0.1, 0.15) is 12.8 Å². The van der Waals surface area contributed by atoms with E-state index in [1.165, 1.54) is 0 Å². The molecule has 7 N–H and O–H groups in total. The van der Waals surface area contributed by atoms with Crippen LogP contribution in [0.4, 0.5) is 0 Å². The SMILES string of the molecule is NC(N)=NCCCC(N)C(=O)NCCS. The van der Waals surface area contributed by atoms with E-state index in [-0.39, 0.29) is 11.9 Å². The highest BCUT2D eigenvalue weighted by atomic mass is 32.1. The number of hydrogen-bond acceptors (Lipinski definition) is 4. The number of thiol groups is 1. The van der Waals surface area contributed by atoms with Crippen molar-refractivity contribution in [3.05, 3.63) is 0 Å². The van der Waals surface area contributed by atoms with Crippen LogP contribution in [0.15, 0.2) is 4.99 Å². The highest BCUT2D eigenvalue weighted by Gasteiger charge is 2.11. The largest absolute Gasteiger partial charge is 0.370 e. The lowest BCUT2D eigenvalue weighted by Gasteiger charge is -2.10. The third kappa shape index (κ3) is 8.07. The predicted molar refractivity (Wildman–Crippen MR) is 64.7 cm³/mol. The second-order valence-electron chi connectivity index (χ2n) is 3.07. The summed E-state index contributed by atoms with van der Waals surface area (Å²) in [5, 5.41) is 2.66. The van der Waals surface area contributed by atoms with Crippen LogP contribution in [-0.2, 0) is 4.79 Å². The highest BCUT2D eigenvalue weighted by molar-refractivity contribution is 7.80. The van der Waals surface area contributed by atoms with Crippen LogP contribution in [0.5, 0.6) is 0 Å². The van der Waals surface area contributed by atoms with E-state index in [0.29, 0.717) is 31.7 Å². The molecule has 6 nitrogen and oxygen atoms in total. The van der Waals surface area contributed by atoms with Crippen molar-refractivity contribution < 1.29 is 4.79 Å². The number of rotatable bonds is 7. The van der Waals surface area contributed by atoms with Gasteiger partial charge in [0.25, 0.3) is 0 Å². The van der Waals surface area contributed by atoms with Crippen molar-refractivity contribution >= 4 is 24.5 Å². The summed E-state index contributed by atoms with van der Waals surface area (Å²) in [7, 11) is 0. The highest BCUT2D eigenvalue weighted by Crippen LogP contribution is 1.95. The van der Waals surface area contributed by atoms with Gasteiger partial charge in [-0.15, -0.1) is 0 Å². The summed E-state index contributed by atoms with van der Waals surface area (Å²) in [4.78, 5) is 15.1. The minimum Gasteiger partial charge on any atom is -0.370 e. The standard InChI is InChI=1S/C8H19N5OS/c9-6(7(14)12-4-5-15)2-1-3-13-8(10)11/h6,15H,1-5,9H2,(H,12,14)(H4,10,11,13). The molecular formula is C8H19N5OS. The number of carbonyl (C=O) groups is 1. The summed E-state index contributed by atoms with van der Waals surface area (Å²) < 4.78 is 0. The van der Waals surface area contributed by atoms with Gasteiger partial charge in [-0.05, 0) is 12.8 Å². The lowest BCUT2D eigenvalue weighted by atomic mass is 10.1. The monoisotopic (exact) mass is 233 g/mol. The van der Waals surface area contributed by atoms with Crippen molar-refractivity contribution in [3.8, 4) is 0 Å². The van der Waals surface area contributed by atoms with Gasteiger partial charge in [-0.2, -0.15) is 12.6 Å². The first-order chi connectivity index (χ1) is 7.07. The Labute approximate surface area is 95.1 Å². The van der Waals surface area contributed by atoms with Gasteiger partial charge in [0, 0.05) is 18.8 Å². The number of amides is 1. The maximum atomic E-state index is 11.3. The van der Waals surface area contributed by atoms with Crippen molar-refractivity contribution in [1.29, 1.82) is 0 Å². The summed E-state index contributed by atoms with van der Waals surface area (Å²) in [5.41, 5.74) is 15.9. The first kappa shape index (κ1) is 14.1. The van der Waals surface area contributed by atoms with E-state index < -0.39 is 6.04 Å². The van der Waals surface area contributed by atoms with Crippen LogP contribution < -0.4 is 22.5 Å². The fourth-order valence-electron chi connectivity index (χ4n) is 0.961. The van der Waals surface area contributed by atoms with E-state index >= 15 is 0 Å². The van der Waals surface area contributed by atoms with Crippen molar-refractivity contribution in [2.45, 2.75) is 18.9 Å². The maximum absolute atomic E-state index is 11.3. The van der Waals surface area contributed by atoms with Gasteiger partial charge in [0.2, 0.25) is 5.91 Å². The topological polar surface area (TPSA) is 120 Å². The fraction of sp³-hybridized carbons (Fsp3) is 0.750. The Hall–Kier alpha value is -0.950. The Morgan fingerprint density at radius 1 is 1.47 bits per heavy atom. The molecule has 1 amide bonds. The van der Waals surface area contributed by atoms with E-state index in [1.54, 1.807) is 0 Å². The second kappa shape index (κ2) is 8.37. The second-order valence-corrected chi connectivity index (χ2v) is 3.52. The van der Waals surface area contributed by atoms with Crippen molar-refractivity contribution in [3.63, 3.8) is 0 Å². The van der Waals surface area contributed by atoms with E-state index in [1.807, 2.05) is 0 Å². The molecule has 7 heteroatoms. The third-order valence-corrected chi connectivity index (χ3v) is 1.94. The smallest absolute Gasteiger partial charge is 0.236 e. The lowest BCUT2D eigenvalue weighted by Crippen LogP contribution is -2.41. The molecule has 0 aromatic carbocycles. The summed E-state index contributed by atoms with van der Waals surface area (Å²) >= 11 is 3.97. The maximum Gasteiger partial charge on any atom is 0.236 e. The molecule has 0 rings (SSSR count). The van der Waals surface area contributed by atoms with Gasteiger partial charge >= 0.3 is 0 Å². The molecule has 0 bridgehead atoms. The molecule has 0 saturated heterocycles. The Morgan fingerprint density at radius 2 is 2.13 bits per heavy atom. The minimum atomic E-state index is -0.501. The zero-order valence-electron chi connectivity index (χ0n) is 8.65. The van der Waals surface area contributed by atoms with Gasteiger partial charge in [0.1, 0.15) is 0 Å². The zero-order chi connectivity index (χ0) is 11.7. The molecule has 0 aliphatic heterocycles. The molecule has 0 aliphatic carbocycles. The number of nitrogens with two attached hydrogens (primary N) is 3. The predicted octanol–water partition coefficient (Wildman–Crippen LogP) is -1.59. The molecule has 0 aromatic heterocycles. The van der Waals surface area contributed by atoms with Crippen LogP contribution >= 0.6 is 12.6 Å². The number of nitrogens with zero attached hydrogens (tertiary/aromatic N) is 1. The number of nitrogens with one attached hydrogen (secondary N) is 1. The molecule has 88 valence electrons. The Bertz CT molecular complexity index is 217. The van der Waals surface area contributed by atoms with Crippen LogP contribution in [0, 0.1) is 0 Å². The lowest BCUT2D eigenvalue weighted by molar-refractivity contribution is -0.122. The molecule has 0 spiro atoms. The molecular weight excluding hydrogens is 214 g/mol. The number of aliphatic imine (C=N–C) groups is 1. The minimum absolute atomic E-state index is 0.0584. The van der Waals surface area contributed by atoms with Gasteiger partial charge in [0.05, 0.1) is 6.04 Å². The molecule has 0 saturated carbocycles. The molecule has 0 radical (unpaired) electrons. The number of guanidine groups is 1. The van der Waals surface area contributed by atoms with E-state index in [2.05, 4.69) is 22.9 Å². The average Bonchev–Trinajstić information content (AvgIpc) is 2.20. The molecule has 0 aliphatic rings. The van der Waals surface area contributed by atoms with Crippen molar-refractivity contribution in [1.82, 2.24) is 5.32 Å². The summed E-state index contributed by atoms with van der Waals surface area (Å²) in [6.07, 6.45) is 1.25. The van der Waals surface area contributed by atoms with Crippen molar-refractivity contribution in [2.24, 2.45) is 22.2 Å². The molecule has 1 unspecified atom stereocenters. The van der Waals surface area contributed by atoms with Crippen LogP contribution in [0.2, 0.25) is 0 Å². The quantitative estimate of drug-likeness (QED) is 0.158. The van der Waals surface area contributed by atoms with E-state index in [0.717, 1.165) is 0 Å². The number of carbonyl (C=O) groups excluding carboxylic acids is 1. The van der Waals surface area contributed by atoms with Gasteiger partial charge in [-0.1, -0.05) is 0 Å². The molecule has 1 atom stereocenters. The summed E-state index contributed by atoms with van der Waals surface area (Å²) in [5.74, 6) is 0.503. The Kier molecular flexibility index (Phi) is 7.84. The normalized spacial score (nSPS) is 11.9. The summed E-state index contributed by atoms with van der Waals surface area (Å²) in [6, 6.07) is -0.501. The average molecular weight is 233 g/mol. The number of hydrogen-bond donors (Lipinski definition) is 5. The van der Waals surface area contributed by atoms with Crippen molar-refractivity contribution in [2.75, 3.05) is 18.8 Å². The van der Waals surface area contributed by atoms with Gasteiger partial charge in [0.15, 0.2) is 5.96 Å². The first-order valence-corrected chi connectivity index (χ1v) is 5.40. The van der Waals surface area contributed by atoms with Gasteiger partial charge < -0.3 is 22.5 Å². The fourth-order valence-corrected chi connectivity index (χ4v) is 1.07. The van der Waals surface area contributed by atoms with Gasteiger partial charge in [-0.25, -0.2) is 0 Å². The first-order valence-electron chi connectivity index (χ1n) is 4.77. The van der Waals surface area contributed by atoms with Crippen LogP contribution in [0.3, 0.4) is 0 Å². The molecule has 15 heavy (non-hydrogen) atoms. The Morgan fingerprint density at radius 3 is 2.67 bits per heavy atom. The third-order valence-electron chi connectivity index (χ3n) is 1.72. The molecule has 0 heterocycles. The van der Waals surface area contributed by atoms with E-state index in [9.17, 15) is 4.79 Å². The summed E-state index contributed by atoms with van der Waals surface area (Å²) in [6.45, 7) is 1.03. The Balaban J connectivity index is 3.59. The van der Waals surface area contributed by atoms with Gasteiger partial charge in [-0.3, -0.25) is 9.79 Å². The molecule has 0 aromatic rings. The van der Waals surface area contributed by atoms with E-state index in [4.69, 9.17) is 17.2 Å². The van der Waals surface area contributed by atoms with Crippen LogP contribution in [0.25, 0.3) is 0 Å². The van der Waals surface area contributed by atoms with Crippen LogP contribution in [-0.4, -0.2) is 36.8 Å².